The number of nitrogens with zero attached hydrogens (tertiary/aromatic N) is 4. The third-order valence-electron chi connectivity index (χ3n) is 3.83. The molecule has 1 aromatic rings. The summed E-state index contributed by atoms with van der Waals surface area (Å²) in [6.07, 6.45) is 1.55. The number of piperazine rings is 1. The van der Waals surface area contributed by atoms with Crippen LogP contribution in [0.1, 0.15) is 13.8 Å². The predicted molar refractivity (Wildman–Crippen MR) is 103 cm³/mol. The number of carbonyl (C=O) groups is 1. The van der Waals surface area contributed by atoms with E-state index in [0.29, 0.717) is 29.0 Å². The zero-order valence-electron chi connectivity index (χ0n) is 14.6. The monoisotopic (exact) mass is 386 g/mol. The molecular formula is C16H24Cl2N6O. The first-order valence-electron chi connectivity index (χ1n) is 8.35. The molecular weight excluding hydrogens is 363 g/mol. The van der Waals surface area contributed by atoms with Gasteiger partial charge in [-0.3, -0.25) is 9.79 Å². The van der Waals surface area contributed by atoms with Gasteiger partial charge in [-0.2, -0.15) is 0 Å². The maximum atomic E-state index is 11.4. The highest BCUT2D eigenvalue weighted by atomic mass is 35.5. The Morgan fingerprint density at radius 2 is 1.96 bits per heavy atom. The number of nitrogens with one attached hydrogen (secondary N) is 2. The van der Waals surface area contributed by atoms with Crippen LogP contribution in [-0.2, 0) is 4.79 Å². The average molecular weight is 387 g/mol. The molecule has 0 spiro atoms. The zero-order valence-corrected chi connectivity index (χ0v) is 16.1. The summed E-state index contributed by atoms with van der Waals surface area (Å²) >= 11 is 11.9. The lowest BCUT2D eigenvalue weighted by Gasteiger charge is -2.36. The molecule has 1 aliphatic heterocycles. The molecule has 1 aliphatic rings. The van der Waals surface area contributed by atoms with Gasteiger partial charge in [0.2, 0.25) is 5.91 Å². The number of aromatic nitrogens is 1. The van der Waals surface area contributed by atoms with E-state index in [1.807, 2.05) is 11.8 Å². The Bertz CT molecular complexity index is 617. The van der Waals surface area contributed by atoms with Crippen LogP contribution >= 0.6 is 23.2 Å². The lowest BCUT2D eigenvalue weighted by Crippen LogP contribution is -2.53. The van der Waals surface area contributed by atoms with Crippen LogP contribution in [0.3, 0.4) is 0 Å². The van der Waals surface area contributed by atoms with Crippen molar-refractivity contribution in [3.63, 3.8) is 0 Å². The first kappa shape index (κ1) is 19.6. The lowest BCUT2D eigenvalue weighted by molar-refractivity contribution is -0.130. The Labute approximate surface area is 158 Å². The molecule has 0 aromatic carbocycles. The third kappa shape index (κ3) is 5.93. The summed E-state index contributed by atoms with van der Waals surface area (Å²) in [6, 6.07) is 1.65. The summed E-state index contributed by atoms with van der Waals surface area (Å²) in [7, 11) is 0. The van der Waals surface area contributed by atoms with Crippen molar-refractivity contribution in [1.29, 1.82) is 0 Å². The molecule has 2 N–H and O–H groups in total. The highest BCUT2D eigenvalue weighted by Gasteiger charge is 2.20. The number of halogens is 2. The molecule has 0 bridgehead atoms. The lowest BCUT2D eigenvalue weighted by atomic mass is 10.3. The topological polar surface area (TPSA) is 72.9 Å². The Morgan fingerprint density at radius 3 is 2.56 bits per heavy atom. The van der Waals surface area contributed by atoms with Gasteiger partial charge in [-0.1, -0.05) is 23.2 Å². The summed E-state index contributed by atoms with van der Waals surface area (Å²) in [6.45, 7) is 8.64. The minimum absolute atomic E-state index is 0.123. The predicted octanol–water partition coefficient (Wildman–Crippen LogP) is 1.93. The largest absolute Gasteiger partial charge is 0.367 e. The van der Waals surface area contributed by atoms with Crippen molar-refractivity contribution >= 4 is 40.9 Å². The first-order valence-corrected chi connectivity index (χ1v) is 9.10. The molecule has 0 saturated carbocycles. The standard InChI is InChI=1S/C16H24Cl2N6O/c1-3-19-16(24-8-6-23(7-9-24)12(2)25)21-5-4-20-15-14(18)10-13(17)11-22-15/h10-11H,3-9H2,1-2H3,(H,19,21)(H,20,22). The smallest absolute Gasteiger partial charge is 0.219 e. The van der Waals surface area contributed by atoms with Gasteiger partial charge >= 0.3 is 0 Å². The number of anilines is 1. The second kappa shape index (κ2) is 9.68. The van der Waals surface area contributed by atoms with Crippen LogP contribution in [-0.4, -0.2) is 72.5 Å². The number of guanidine groups is 1. The molecule has 138 valence electrons. The molecule has 2 rings (SSSR count). The van der Waals surface area contributed by atoms with Crippen molar-refractivity contribution < 1.29 is 4.79 Å². The van der Waals surface area contributed by atoms with E-state index >= 15 is 0 Å². The summed E-state index contributed by atoms with van der Waals surface area (Å²) in [5.74, 6) is 1.59. The van der Waals surface area contributed by atoms with E-state index in [9.17, 15) is 4.79 Å². The fraction of sp³-hybridized carbons (Fsp3) is 0.562. The number of rotatable bonds is 5. The number of pyridine rings is 1. The molecule has 1 amide bonds. The number of amides is 1. The van der Waals surface area contributed by atoms with Crippen LogP contribution in [0, 0.1) is 0 Å². The van der Waals surface area contributed by atoms with Crippen molar-refractivity contribution in [3.8, 4) is 0 Å². The van der Waals surface area contributed by atoms with Gasteiger partial charge in [-0.25, -0.2) is 4.98 Å². The van der Waals surface area contributed by atoms with Crippen molar-refractivity contribution in [2.45, 2.75) is 13.8 Å². The molecule has 9 heteroatoms. The molecule has 0 atom stereocenters. The molecule has 0 radical (unpaired) electrons. The van der Waals surface area contributed by atoms with Crippen LogP contribution in [0.2, 0.25) is 10.0 Å². The molecule has 7 nitrogen and oxygen atoms in total. The zero-order chi connectivity index (χ0) is 18.2. The van der Waals surface area contributed by atoms with E-state index in [0.717, 1.165) is 38.7 Å². The summed E-state index contributed by atoms with van der Waals surface area (Å²) < 4.78 is 0. The highest BCUT2D eigenvalue weighted by Crippen LogP contribution is 2.22. The highest BCUT2D eigenvalue weighted by molar-refractivity contribution is 6.35. The fourth-order valence-electron chi connectivity index (χ4n) is 2.54. The second-order valence-electron chi connectivity index (χ2n) is 5.64. The van der Waals surface area contributed by atoms with Gasteiger partial charge in [0.25, 0.3) is 0 Å². The van der Waals surface area contributed by atoms with E-state index in [-0.39, 0.29) is 5.91 Å². The van der Waals surface area contributed by atoms with Gasteiger partial charge in [0.15, 0.2) is 5.96 Å². The molecule has 0 unspecified atom stereocenters. The Kier molecular flexibility index (Phi) is 7.58. The molecule has 1 saturated heterocycles. The molecule has 2 heterocycles. The number of aliphatic imine (C=N–C) groups is 1. The fourth-order valence-corrected chi connectivity index (χ4v) is 2.99. The van der Waals surface area contributed by atoms with Crippen LogP contribution < -0.4 is 10.6 Å². The van der Waals surface area contributed by atoms with E-state index < -0.39 is 0 Å². The summed E-state index contributed by atoms with van der Waals surface area (Å²) in [4.78, 5) is 24.3. The SMILES string of the molecule is CCNC(=NCCNc1ncc(Cl)cc1Cl)N1CCN(C(C)=O)CC1. The Hall–Kier alpha value is -1.73. The van der Waals surface area contributed by atoms with Gasteiger partial charge in [0, 0.05) is 52.4 Å². The Morgan fingerprint density at radius 1 is 1.28 bits per heavy atom. The first-order chi connectivity index (χ1) is 12.0. The van der Waals surface area contributed by atoms with Crippen molar-refractivity contribution in [1.82, 2.24) is 20.1 Å². The molecule has 25 heavy (non-hydrogen) atoms. The normalized spacial score (nSPS) is 15.3. The van der Waals surface area contributed by atoms with Crippen LogP contribution in [0.4, 0.5) is 5.82 Å². The average Bonchev–Trinajstić information content (AvgIpc) is 2.59. The van der Waals surface area contributed by atoms with Gasteiger partial charge < -0.3 is 20.4 Å². The van der Waals surface area contributed by atoms with Crippen molar-refractivity contribution in [3.05, 3.63) is 22.3 Å². The van der Waals surface area contributed by atoms with Gasteiger partial charge in [0.05, 0.1) is 16.6 Å². The van der Waals surface area contributed by atoms with Gasteiger partial charge in [-0.05, 0) is 13.0 Å². The minimum Gasteiger partial charge on any atom is -0.367 e. The maximum absolute atomic E-state index is 11.4. The third-order valence-corrected chi connectivity index (χ3v) is 4.33. The van der Waals surface area contributed by atoms with Gasteiger partial charge in [-0.15, -0.1) is 0 Å². The maximum Gasteiger partial charge on any atom is 0.219 e. The molecule has 1 aromatic heterocycles. The van der Waals surface area contributed by atoms with Gasteiger partial charge in [0.1, 0.15) is 5.82 Å². The quantitative estimate of drug-likeness (QED) is 0.459. The van der Waals surface area contributed by atoms with Crippen LogP contribution in [0.15, 0.2) is 17.3 Å². The van der Waals surface area contributed by atoms with E-state index in [2.05, 4.69) is 25.5 Å². The van der Waals surface area contributed by atoms with E-state index in [1.54, 1.807) is 19.2 Å². The van der Waals surface area contributed by atoms with E-state index in [4.69, 9.17) is 23.2 Å². The van der Waals surface area contributed by atoms with E-state index in [1.165, 1.54) is 0 Å². The van der Waals surface area contributed by atoms with Crippen molar-refractivity contribution in [2.24, 2.45) is 4.99 Å². The number of hydrogen-bond acceptors (Lipinski definition) is 4. The van der Waals surface area contributed by atoms with Crippen LogP contribution in [0.25, 0.3) is 0 Å². The summed E-state index contributed by atoms with van der Waals surface area (Å²) in [5, 5.41) is 7.45. The Balaban J connectivity index is 1.86. The molecule has 0 aliphatic carbocycles. The molecule has 1 fully saturated rings. The number of hydrogen-bond donors (Lipinski definition) is 2. The number of carbonyl (C=O) groups excluding carboxylic acids is 1. The summed E-state index contributed by atoms with van der Waals surface area (Å²) in [5.41, 5.74) is 0. The minimum atomic E-state index is 0.123. The second-order valence-corrected chi connectivity index (χ2v) is 6.48. The van der Waals surface area contributed by atoms with Crippen LogP contribution in [0.5, 0.6) is 0 Å². The van der Waals surface area contributed by atoms with Crippen molar-refractivity contribution in [2.75, 3.05) is 51.1 Å².